The zero-order valence-electron chi connectivity index (χ0n) is 10.4. The summed E-state index contributed by atoms with van der Waals surface area (Å²) in [4.78, 5) is 12.4. The predicted octanol–water partition coefficient (Wildman–Crippen LogP) is 0.894. The summed E-state index contributed by atoms with van der Waals surface area (Å²) in [5.41, 5.74) is -0.268. The zero-order chi connectivity index (χ0) is 14.2. The van der Waals surface area contributed by atoms with E-state index < -0.39 is 21.7 Å². The van der Waals surface area contributed by atoms with Crippen molar-refractivity contribution < 1.29 is 13.2 Å². The summed E-state index contributed by atoms with van der Waals surface area (Å²) in [6.45, 7) is 0. The summed E-state index contributed by atoms with van der Waals surface area (Å²) >= 11 is 0. The van der Waals surface area contributed by atoms with Crippen LogP contribution < -0.4 is 9.44 Å². The lowest BCUT2D eigenvalue weighted by Crippen LogP contribution is -2.44. The first-order chi connectivity index (χ1) is 9.55. The van der Waals surface area contributed by atoms with Gasteiger partial charge in [0.1, 0.15) is 0 Å². The topological polar surface area (TPSA) is 75.3 Å². The number of rotatable bonds is 2. The number of nitrogens with one attached hydrogen (secondary N) is 2. The Balaban J connectivity index is 2.28. The van der Waals surface area contributed by atoms with Gasteiger partial charge in [-0.25, -0.2) is 4.72 Å². The highest BCUT2D eigenvalue weighted by Crippen LogP contribution is 2.33. The van der Waals surface area contributed by atoms with Crippen molar-refractivity contribution in [3.8, 4) is 0 Å². The molecule has 1 amide bonds. The first-order valence-electron chi connectivity index (χ1n) is 6.02. The van der Waals surface area contributed by atoms with E-state index in [2.05, 4.69) is 4.72 Å². The lowest BCUT2D eigenvalue weighted by molar-refractivity contribution is -0.122. The van der Waals surface area contributed by atoms with Crippen LogP contribution in [0.4, 0.5) is 0 Å². The number of amides is 1. The van der Waals surface area contributed by atoms with E-state index in [-0.39, 0.29) is 0 Å². The molecule has 0 aliphatic carbocycles. The largest absolute Gasteiger partial charge is 0.302 e. The van der Waals surface area contributed by atoms with E-state index in [1.54, 1.807) is 48.5 Å². The van der Waals surface area contributed by atoms with Crippen molar-refractivity contribution in [1.29, 1.82) is 0 Å². The van der Waals surface area contributed by atoms with E-state index in [9.17, 15) is 13.2 Å². The molecule has 0 aromatic heterocycles. The van der Waals surface area contributed by atoms with Crippen molar-refractivity contribution in [2.24, 2.45) is 0 Å². The molecule has 0 saturated carbocycles. The van der Waals surface area contributed by atoms with Crippen molar-refractivity contribution in [3.63, 3.8) is 0 Å². The number of hydrogen-bond donors (Lipinski definition) is 2. The number of benzene rings is 2. The second-order valence-electron chi connectivity index (χ2n) is 4.52. The molecular formula is C14H12N2O3S. The highest BCUT2D eigenvalue weighted by molar-refractivity contribution is 7.88. The molecule has 3 rings (SSSR count). The Morgan fingerprint density at radius 3 is 1.60 bits per heavy atom. The minimum atomic E-state index is -3.85. The highest BCUT2D eigenvalue weighted by Gasteiger charge is 2.51. The fourth-order valence-electron chi connectivity index (χ4n) is 2.40. The van der Waals surface area contributed by atoms with Crippen molar-refractivity contribution in [2.75, 3.05) is 0 Å². The molecule has 1 saturated heterocycles. The average molecular weight is 288 g/mol. The molecule has 1 aliphatic heterocycles. The van der Waals surface area contributed by atoms with Gasteiger partial charge in [-0.15, -0.1) is 0 Å². The summed E-state index contributed by atoms with van der Waals surface area (Å²) in [6, 6.07) is 17.6. The maximum Gasteiger partial charge on any atom is 0.302 e. The normalized spacial score (nSPS) is 19.5. The van der Waals surface area contributed by atoms with E-state index in [1.807, 2.05) is 16.9 Å². The van der Waals surface area contributed by atoms with Gasteiger partial charge in [0.2, 0.25) is 0 Å². The fraction of sp³-hybridized carbons (Fsp3) is 0.0714. The Labute approximate surface area is 116 Å². The third-order valence-electron chi connectivity index (χ3n) is 3.27. The molecule has 5 nitrogen and oxygen atoms in total. The molecule has 1 heterocycles. The van der Waals surface area contributed by atoms with E-state index >= 15 is 0 Å². The number of carbonyl (C=O) groups is 1. The minimum absolute atomic E-state index is 0.574. The summed E-state index contributed by atoms with van der Waals surface area (Å²) < 4.78 is 28.0. The second-order valence-corrected chi connectivity index (χ2v) is 5.93. The van der Waals surface area contributed by atoms with Crippen LogP contribution in [0.5, 0.6) is 0 Å². The van der Waals surface area contributed by atoms with Gasteiger partial charge in [-0.1, -0.05) is 60.7 Å². The summed E-state index contributed by atoms with van der Waals surface area (Å²) in [5.74, 6) is -0.602. The van der Waals surface area contributed by atoms with E-state index in [4.69, 9.17) is 0 Å². The maximum atomic E-state index is 12.4. The summed E-state index contributed by atoms with van der Waals surface area (Å²) in [6.07, 6.45) is 0. The van der Waals surface area contributed by atoms with Gasteiger partial charge in [-0.3, -0.25) is 4.79 Å². The van der Waals surface area contributed by atoms with Crippen LogP contribution in [0.3, 0.4) is 0 Å². The third kappa shape index (κ3) is 1.90. The van der Waals surface area contributed by atoms with Gasteiger partial charge in [0.25, 0.3) is 5.91 Å². The molecule has 6 heteroatoms. The fourth-order valence-corrected chi connectivity index (χ4v) is 3.57. The van der Waals surface area contributed by atoms with Gasteiger partial charge in [-0.2, -0.15) is 13.1 Å². The monoisotopic (exact) mass is 288 g/mol. The van der Waals surface area contributed by atoms with Gasteiger partial charge in [0.05, 0.1) is 0 Å². The number of hydrogen-bond acceptors (Lipinski definition) is 3. The zero-order valence-corrected chi connectivity index (χ0v) is 11.2. The molecular weight excluding hydrogens is 276 g/mol. The number of carbonyl (C=O) groups excluding carboxylic acids is 1. The van der Waals surface area contributed by atoms with Crippen LogP contribution in [0.1, 0.15) is 11.1 Å². The minimum Gasteiger partial charge on any atom is -0.271 e. The van der Waals surface area contributed by atoms with Crippen LogP contribution in [0.2, 0.25) is 0 Å². The maximum absolute atomic E-state index is 12.4. The van der Waals surface area contributed by atoms with Crippen LogP contribution in [0.25, 0.3) is 0 Å². The van der Waals surface area contributed by atoms with E-state index in [1.165, 1.54) is 0 Å². The molecule has 0 atom stereocenters. The standard InChI is InChI=1S/C14H12N2O3S/c17-13-14(16-20(18,19)15-13,11-7-3-1-4-8-11)12-9-5-2-6-10-12/h1-10,16H,(H,15,17). The van der Waals surface area contributed by atoms with Gasteiger partial charge >= 0.3 is 10.2 Å². The summed E-state index contributed by atoms with van der Waals surface area (Å²) in [7, 11) is -3.85. The Hall–Kier alpha value is -2.18. The van der Waals surface area contributed by atoms with Gasteiger partial charge < -0.3 is 0 Å². The van der Waals surface area contributed by atoms with E-state index in [0.29, 0.717) is 11.1 Å². The van der Waals surface area contributed by atoms with Crippen molar-refractivity contribution in [1.82, 2.24) is 9.44 Å². The van der Waals surface area contributed by atoms with Crippen molar-refractivity contribution in [2.45, 2.75) is 5.54 Å². The molecule has 2 aromatic carbocycles. The van der Waals surface area contributed by atoms with Crippen LogP contribution in [-0.2, 0) is 20.5 Å². The molecule has 0 unspecified atom stereocenters. The molecule has 102 valence electrons. The molecule has 20 heavy (non-hydrogen) atoms. The third-order valence-corrected chi connectivity index (χ3v) is 4.30. The Kier molecular flexibility index (Phi) is 2.84. The SMILES string of the molecule is O=C1NS(=O)(=O)NC1(c1ccccc1)c1ccccc1. The van der Waals surface area contributed by atoms with Gasteiger partial charge in [0.15, 0.2) is 5.54 Å². The Morgan fingerprint density at radius 1 is 0.800 bits per heavy atom. The van der Waals surface area contributed by atoms with Gasteiger partial charge in [0, 0.05) is 0 Å². The Morgan fingerprint density at radius 2 is 1.25 bits per heavy atom. The lowest BCUT2D eigenvalue weighted by atomic mass is 9.83. The van der Waals surface area contributed by atoms with Crippen LogP contribution in [-0.4, -0.2) is 14.3 Å². The van der Waals surface area contributed by atoms with Crippen LogP contribution in [0, 0.1) is 0 Å². The molecule has 0 radical (unpaired) electrons. The molecule has 2 N–H and O–H groups in total. The first-order valence-corrected chi connectivity index (χ1v) is 7.50. The molecule has 1 fully saturated rings. The molecule has 0 spiro atoms. The highest BCUT2D eigenvalue weighted by atomic mass is 32.2. The average Bonchev–Trinajstić information content (AvgIpc) is 2.71. The predicted molar refractivity (Wildman–Crippen MR) is 73.9 cm³/mol. The van der Waals surface area contributed by atoms with Crippen molar-refractivity contribution >= 4 is 16.1 Å². The molecule has 0 bridgehead atoms. The Bertz CT molecular complexity index is 703. The first kappa shape index (κ1) is 12.8. The van der Waals surface area contributed by atoms with Crippen molar-refractivity contribution in [3.05, 3.63) is 71.8 Å². The molecule has 1 aliphatic rings. The second kappa shape index (κ2) is 4.43. The van der Waals surface area contributed by atoms with E-state index in [0.717, 1.165) is 0 Å². The van der Waals surface area contributed by atoms with Gasteiger partial charge in [-0.05, 0) is 11.1 Å². The van der Waals surface area contributed by atoms with Crippen LogP contribution >= 0.6 is 0 Å². The smallest absolute Gasteiger partial charge is 0.271 e. The summed E-state index contributed by atoms with van der Waals surface area (Å²) in [5, 5.41) is 0. The molecule has 2 aromatic rings. The quantitative estimate of drug-likeness (QED) is 0.862. The lowest BCUT2D eigenvalue weighted by Gasteiger charge is -2.26. The van der Waals surface area contributed by atoms with Crippen LogP contribution in [0.15, 0.2) is 60.7 Å².